The van der Waals surface area contributed by atoms with E-state index < -0.39 is 0 Å². The SMILES string of the molecule is C=C(S/C=C\N)[C@H](CC1CC1)NC(=O)c1ccc(C2CCOCC2)c(OCC2CC2)n1. The zero-order valence-electron chi connectivity index (χ0n) is 18.1. The van der Waals surface area contributed by atoms with Gasteiger partial charge < -0.3 is 20.5 Å². The van der Waals surface area contributed by atoms with E-state index in [1.165, 1.54) is 43.6 Å². The maximum atomic E-state index is 13.1. The smallest absolute Gasteiger partial charge is 0.270 e. The Morgan fingerprint density at radius 2 is 2.00 bits per heavy atom. The number of aromatic nitrogens is 1. The number of amides is 1. The summed E-state index contributed by atoms with van der Waals surface area (Å²) >= 11 is 1.46. The lowest BCUT2D eigenvalue weighted by Gasteiger charge is -2.24. The molecule has 0 bridgehead atoms. The minimum atomic E-state index is -0.182. The summed E-state index contributed by atoms with van der Waals surface area (Å²) in [4.78, 5) is 18.6. The van der Waals surface area contributed by atoms with Crippen LogP contribution in [0, 0.1) is 11.8 Å². The van der Waals surface area contributed by atoms with Crippen LogP contribution in [0.1, 0.15) is 66.9 Å². The van der Waals surface area contributed by atoms with E-state index in [9.17, 15) is 4.79 Å². The molecule has 0 unspecified atom stereocenters. The summed E-state index contributed by atoms with van der Waals surface area (Å²) in [5.74, 6) is 2.09. The summed E-state index contributed by atoms with van der Waals surface area (Å²) in [6, 6.07) is 3.75. The van der Waals surface area contributed by atoms with Crippen molar-refractivity contribution >= 4 is 17.7 Å². The molecule has 0 radical (unpaired) electrons. The van der Waals surface area contributed by atoms with Crippen molar-refractivity contribution in [1.82, 2.24) is 10.3 Å². The number of carbonyl (C=O) groups excluding carboxylic acids is 1. The first-order valence-corrected chi connectivity index (χ1v) is 12.3. The van der Waals surface area contributed by atoms with Crippen LogP contribution in [0.4, 0.5) is 0 Å². The van der Waals surface area contributed by atoms with E-state index in [0.717, 1.165) is 42.9 Å². The summed E-state index contributed by atoms with van der Waals surface area (Å²) in [6.45, 7) is 6.35. The number of ether oxygens (including phenoxy) is 2. The van der Waals surface area contributed by atoms with E-state index in [2.05, 4.69) is 16.9 Å². The summed E-state index contributed by atoms with van der Waals surface area (Å²) < 4.78 is 11.6. The number of thioether (sulfide) groups is 1. The van der Waals surface area contributed by atoms with Crippen LogP contribution in [0.15, 0.2) is 35.2 Å². The Balaban J connectivity index is 1.48. The first kappa shape index (κ1) is 22.2. The molecule has 4 rings (SSSR count). The summed E-state index contributed by atoms with van der Waals surface area (Å²) in [5, 5.41) is 4.94. The van der Waals surface area contributed by atoms with Crippen molar-refractivity contribution in [2.24, 2.45) is 17.6 Å². The maximum absolute atomic E-state index is 13.1. The van der Waals surface area contributed by atoms with Gasteiger partial charge in [0, 0.05) is 29.9 Å². The fourth-order valence-corrected chi connectivity index (χ4v) is 4.47. The van der Waals surface area contributed by atoms with Gasteiger partial charge in [-0.15, -0.1) is 0 Å². The van der Waals surface area contributed by atoms with E-state index in [4.69, 9.17) is 15.2 Å². The maximum Gasteiger partial charge on any atom is 0.270 e. The first-order chi connectivity index (χ1) is 15.1. The fourth-order valence-electron chi connectivity index (χ4n) is 3.89. The third-order valence-corrected chi connectivity index (χ3v) is 7.07. The second-order valence-corrected chi connectivity index (χ2v) is 9.88. The van der Waals surface area contributed by atoms with Crippen molar-refractivity contribution in [3.8, 4) is 5.88 Å². The third-order valence-electron chi connectivity index (χ3n) is 6.19. The van der Waals surface area contributed by atoms with Gasteiger partial charge in [-0.25, -0.2) is 4.98 Å². The molecular weight excluding hydrogens is 410 g/mol. The molecule has 3 fully saturated rings. The van der Waals surface area contributed by atoms with Crippen molar-refractivity contribution in [2.45, 2.75) is 56.9 Å². The van der Waals surface area contributed by atoms with E-state index in [1.807, 2.05) is 12.1 Å². The number of carbonyl (C=O) groups is 1. The molecule has 1 atom stereocenters. The monoisotopic (exact) mass is 443 g/mol. The number of nitrogens with one attached hydrogen (secondary N) is 1. The predicted molar refractivity (Wildman–Crippen MR) is 124 cm³/mol. The molecule has 168 valence electrons. The third kappa shape index (κ3) is 6.50. The van der Waals surface area contributed by atoms with Crippen molar-refractivity contribution in [1.29, 1.82) is 0 Å². The standard InChI is InChI=1S/C24H33N3O3S/c1-16(31-13-10-25)22(14-17-2-3-17)26-23(28)21-7-6-20(19-8-11-29-12-9-19)24(27-21)30-15-18-4-5-18/h6-7,10,13,17-19,22H,1-5,8-9,11-12,14-15,25H2,(H,26,28)/b13-10-/t22-/m0/s1. The van der Waals surface area contributed by atoms with Gasteiger partial charge in [0.25, 0.3) is 5.91 Å². The van der Waals surface area contributed by atoms with E-state index in [1.54, 1.807) is 5.41 Å². The number of nitrogens with zero attached hydrogens (tertiary/aromatic N) is 1. The molecule has 1 saturated heterocycles. The molecule has 7 heteroatoms. The van der Waals surface area contributed by atoms with Crippen LogP contribution in [0.25, 0.3) is 0 Å². The molecule has 1 aliphatic heterocycles. The Labute approximate surface area is 189 Å². The molecule has 0 spiro atoms. The van der Waals surface area contributed by atoms with Crippen LogP contribution in [0.5, 0.6) is 5.88 Å². The van der Waals surface area contributed by atoms with Gasteiger partial charge in [-0.3, -0.25) is 4.79 Å². The van der Waals surface area contributed by atoms with Gasteiger partial charge in [0.05, 0.1) is 12.6 Å². The van der Waals surface area contributed by atoms with Crippen molar-refractivity contribution in [3.63, 3.8) is 0 Å². The highest BCUT2D eigenvalue weighted by Gasteiger charge is 2.29. The van der Waals surface area contributed by atoms with Gasteiger partial charge in [-0.1, -0.05) is 37.2 Å². The number of hydrogen-bond acceptors (Lipinski definition) is 6. The minimum Gasteiger partial charge on any atom is -0.477 e. The van der Waals surface area contributed by atoms with Crippen LogP contribution >= 0.6 is 11.8 Å². The van der Waals surface area contributed by atoms with Crippen LogP contribution in [0.3, 0.4) is 0 Å². The summed E-state index contributed by atoms with van der Waals surface area (Å²) in [6.07, 6.45) is 9.18. The minimum absolute atomic E-state index is 0.103. The molecular formula is C24H33N3O3S. The lowest BCUT2D eigenvalue weighted by atomic mass is 9.92. The number of pyridine rings is 1. The van der Waals surface area contributed by atoms with Gasteiger partial charge in [0.2, 0.25) is 5.88 Å². The molecule has 6 nitrogen and oxygen atoms in total. The Morgan fingerprint density at radius 3 is 2.68 bits per heavy atom. The molecule has 2 saturated carbocycles. The van der Waals surface area contributed by atoms with Crippen molar-refractivity contribution in [2.75, 3.05) is 19.8 Å². The highest BCUT2D eigenvalue weighted by atomic mass is 32.2. The van der Waals surface area contributed by atoms with Crippen LogP contribution in [0.2, 0.25) is 0 Å². The molecule has 31 heavy (non-hydrogen) atoms. The highest BCUT2D eigenvalue weighted by Crippen LogP contribution is 2.37. The average molecular weight is 444 g/mol. The molecule has 2 heterocycles. The van der Waals surface area contributed by atoms with E-state index >= 15 is 0 Å². The lowest BCUT2D eigenvalue weighted by Crippen LogP contribution is -2.36. The molecule has 2 aliphatic carbocycles. The van der Waals surface area contributed by atoms with Gasteiger partial charge >= 0.3 is 0 Å². The van der Waals surface area contributed by atoms with Crippen LogP contribution in [-0.2, 0) is 4.74 Å². The van der Waals surface area contributed by atoms with Crippen LogP contribution in [-0.4, -0.2) is 36.8 Å². The first-order valence-electron chi connectivity index (χ1n) is 11.4. The normalized spacial score (nSPS) is 20.5. The van der Waals surface area contributed by atoms with Crippen molar-refractivity contribution in [3.05, 3.63) is 46.5 Å². The van der Waals surface area contributed by atoms with Gasteiger partial charge in [0.1, 0.15) is 5.69 Å². The Bertz CT molecular complexity index is 814. The largest absolute Gasteiger partial charge is 0.477 e. The molecule has 1 amide bonds. The Kier molecular flexibility index (Phi) is 7.56. The van der Waals surface area contributed by atoms with Gasteiger partial charge in [0.15, 0.2) is 0 Å². The number of rotatable bonds is 11. The topological polar surface area (TPSA) is 86.5 Å². The zero-order chi connectivity index (χ0) is 21.6. The quantitative estimate of drug-likeness (QED) is 0.529. The molecule has 3 N–H and O–H groups in total. The molecule has 1 aromatic rings. The second kappa shape index (κ2) is 10.6. The van der Waals surface area contributed by atoms with Crippen LogP contribution < -0.4 is 15.8 Å². The van der Waals surface area contributed by atoms with Gasteiger partial charge in [-0.05, 0) is 61.3 Å². The lowest BCUT2D eigenvalue weighted by molar-refractivity contribution is 0.0842. The van der Waals surface area contributed by atoms with E-state index in [-0.39, 0.29) is 11.9 Å². The number of nitrogens with two attached hydrogens (primary N) is 1. The summed E-state index contributed by atoms with van der Waals surface area (Å²) in [5.41, 5.74) is 6.97. The van der Waals surface area contributed by atoms with Crippen molar-refractivity contribution < 1.29 is 14.3 Å². The Hall–Kier alpha value is -1.99. The number of hydrogen-bond donors (Lipinski definition) is 2. The summed E-state index contributed by atoms with van der Waals surface area (Å²) in [7, 11) is 0. The zero-order valence-corrected chi connectivity index (χ0v) is 18.9. The Morgan fingerprint density at radius 1 is 1.26 bits per heavy atom. The molecule has 3 aliphatic rings. The fraction of sp³-hybridized carbons (Fsp3) is 0.583. The highest BCUT2D eigenvalue weighted by molar-refractivity contribution is 8.05. The molecule has 0 aromatic carbocycles. The molecule has 1 aromatic heterocycles. The van der Waals surface area contributed by atoms with E-state index in [0.29, 0.717) is 35.9 Å². The predicted octanol–water partition coefficient (Wildman–Crippen LogP) is 4.34. The average Bonchev–Trinajstić information content (AvgIpc) is 3.71. The van der Waals surface area contributed by atoms with Gasteiger partial charge in [-0.2, -0.15) is 0 Å². The second-order valence-electron chi connectivity index (χ2n) is 8.85.